The third-order valence-electron chi connectivity index (χ3n) is 3.32. The van der Waals surface area contributed by atoms with E-state index in [1.807, 2.05) is 0 Å². The van der Waals surface area contributed by atoms with E-state index in [0.29, 0.717) is 0 Å². The van der Waals surface area contributed by atoms with Crippen LogP contribution in [0, 0.1) is 5.92 Å². The molecule has 0 bridgehead atoms. The molecule has 0 aliphatic heterocycles. The Hall–Kier alpha value is -1.80. The Morgan fingerprint density at radius 2 is 2.25 bits per heavy atom. The number of halogens is 3. The standard InChI is InChI=1S/C11H16F3N5O/c1-7(8-2-3-8)19(5-11(12,13)14)9(20)4-18-6-16-10(15)17-18/h6-8H,2-5H2,1H3,(H2,15,17). The van der Waals surface area contributed by atoms with Gasteiger partial charge in [0.15, 0.2) is 0 Å². The minimum atomic E-state index is -4.42. The molecule has 112 valence electrons. The quantitative estimate of drug-likeness (QED) is 0.879. The van der Waals surface area contributed by atoms with Crippen LogP contribution in [0.2, 0.25) is 0 Å². The number of alkyl halides is 3. The third kappa shape index (κ3) is 3.84. The number of anilines is 1. The van der Waals surface area contributed by atoms with Crippen molar-refractivity contribution in [2.24, 2.45) is 5.92 Å². The van der Waals surface area contributed by atoms with Gasteiger partial charge in [0, 0.05) is 6.04 Å². The molecule has 9 heteroatoms. The van der Waals surface area contributed by atoms with Crippen molar-refractivity contribution in [3.05, 3.63) is 6.33 Å². The van der Waals surface area contributed by atoms with Crippen LogP contribution in [0.25, 0.3) is 0 Å². The number of carbonyl (C=O) groups excluding carboxylic acids is 1. The maximum atomic E-state index is 12.6. The average Bonchev–Trinajstić information content (AvgIpc) is 3.09. The molecule has 2 N–H and O–H groups in total. The smallest absolute Gasteiger partial charge is 0.367 e. The van der Waals surface area contributed by atoms with Gasteiger partial charge in [0.1, 0.15) is 19.4 Å². The maximum Gasteiger partial charge on any atom is 0.406 e. The van der Waals surface area contributed by atoms with Gasteiger partial charge in [-0.15, -0.1) is 5.10 Å². The van der Waals surface area contributed by atoms with E-state index in [4.69, 9.17) is 5.73 Å². The zero-order valence-electron chi connectivity index (χ0n) is 11.0. The highest BCUT2D eigenvalue weighted by Crippen LogP contribution is 2.36. The Morgan fingerprint density at radius 3 is 2.70 bits per heavy atom. The summed E-state index contributed by atoms with van der Waals surface area (Å²) in [4.78, 5) is 16.6. The second-order valence-electron chi connectivity index (χ2n) is 5.02. The molecule has 0 aromatic carbocycles. The van der Waals surface area contributed by atoms with Crippen LogP contribution in [-0.2, 0) is 11.3 Å². The average molecular weight is 291 g/mol. The van der Waals surface area contributed by atoms with Crippen molar-refractivity contribution in [1.29, 1.82) is 0 Å². The van der Waals surface area contributed by atoms with E-state index in [-0.39, 0.29) is 18.4 Å². The lowest BCUT2D eigenvalue weighted by Gasteiger charge is -2.30. The molecule has 1 aromatic rings. The number of amides is 1. The molecule has 1 atom stereocenters. The molecule has 1 aliphatic rings. The summed E-state index contributed by atoms with van der Waals surface area (Å²) in [5.74, 6) is -0.496. The second-order valence-corrected chi connectivity index (χ2v) is 5.02. The van der Waals surface area contributed by atoms with Crippen LogP contribution in [0.5, 0.6) is 0 Å². The van der Waals surface area contributed by atoms with E-state index >= 15 is 0 Å². The Labute approximate surface area is 113 Å². The zero-order chi connectivity index (χ0) is 14.9. The minimum Gasteiger partial charge on any atom is -0.367 e. The van der Waals surface area contributed by atoms with Crippen molar-refractivity contribution in [1.82, 2.24) is 19.7 Å². The summed E-state index contributed by atoms with van der Waals surface area (Å²) in [5, 5.41) is 3.70. The van der Waals surface area contributed by atoms with Gasteiger partial charge < -0.3 is 10.6 Å². The second kappa shape index (κ2) is 5.29. The predicted molar refractivity (Wildman–Crippen MR) is 64.4 cm³/mol. The zero-order valence-corrected chi connectivity index (χ0v) is 11.0. The largest absolute Gasteiger partial charge is 0.406 e. The van der Waals surface area contributed by atoms with Gasteiger partial charge in [-0.2, -0.15) is 13.2 Å². The van der Waals surface area contributed by atoms with Gasteiger partial charge in [-0.05, 0) is 25.7 Å². The summed E-state index contributed by atoms with van der Waals surface area (Å²) >= 11 is 0. The van der Waals surface area contributed by atoms with Gasteiger partial charge in [0.25, 0.3) is 0 Å². The predicted octanol–water partition coefficient (Wildman–Crippen LogP) is 1.05. The monoisotopic (exact) mass is 291 g/mol. The number of rotatable bonds is 5. The first-order valence-electron chi connectivity index (χ1n) is 6.27. The van der Waals surface area contributed by atoms with Crippen molar-refractivity contribution in [2.45, 2.75) is 38.5 Å². The number of nitrogens with two attached hydrogens (primary N) is 1. The van der Waals surface area contributed by atoms with Crippen molar-refractivity contribution in [2.75, 3.05) is 12.3 Å². The Bertz CT molecular complexity index is 483. The van der Waals surface area contributed by atoms with Crippen LogP contribution in [0.3, 0.4) is 0 Å². The number of hydrogen-bond acceptors (Lipinski definition) is 4. The maximum absolute atomic E-state index is 12.6. The van der Waals surface area contributed by atoms with E-state index < -0.39 is 24.7 Å². The molecule has 20 heavy (non-hydrogen) atoms. The summed E-state index contributed by atoms with van der Waals surface area (Å²) in [7, 11) is 0. The SMILES string of the molecule is CC(C1CC1)N(CC(F)(F)F)C(=O)Cn1cnc(N)n1. The highest BCUT2D eigenvalue weighted by Gasteiger charge is 2.40. The topological polar surface area (TPSA) is 77.0 Å². The highest BCUT2D eigenvalue weighted by molar-refractivity contribution is 5.76. The van der Waals surface area contributed by atoms with Crippen molar-refractivity contribution >= 4 is 11.9 Å². The molecule has 1 saturated carbocycles. The van der Waals surface area contributed by atoms with E-state index in [9.17, 15) is 18.0 Å². The lowest BCUT2D eigenvalue weighted by Crippen LogP contribution is -2.46. The fraction of sp³-hybridized carbons (Fsp3) is 0.727. The van der Waals surface area contributed by atoms with Crippen LogP contribution in [0.1, 0.15) is 19.8 Å². The lowest BCUT2D eigenvalue weighted by molar-refractivity contribution is -0.166. The fourth-order valence-electron chi connectivity index (χ4n) is 2.10. The fourth-order valence-corrected chi connectivity index (χ4v) is 2.10. The molecule has 2 rings (SSSR count). The van der Waals surface area contributed by atoms with Crippen LogP contribution >= 0.6 is 0 Å². The molecular weight excluding hydrogens is 275 g/mol. The van der Waals surface area contributed by atoms with Crippen molar-refractivity contribution in [3.8, 4) is 0 Å². The summed E-state index contributed by atoms with van der Waals surface area (Å²) < 4.78 is 39.0. The molecule has 6 nitrogen and oxygen atoms in total. The first kappa shape index (κ1) is 14.6. The third-order valence-corrected chi connectivity index (χ3v) is 3.32. The van der Waals surface area contributed by atoms with Crippen LogP contribution in [0.15, 0.2) is 6.33 Å². The van der Waals surface area contributed by atoms with E-state index in [1.54, 1.807) is 6.92 Å². The van der Waals surface area contributed by atoms with E-state index in [1.165, 1.54) is 6.33 Å². The summed E-state index contributed by atoms with van der Waals surface area (Å²) in [5.41, 5.74) is 5.30. The van der Waals surface area contributed by atoms with Gasteiger partial charge in [0.05, 0.1) is 0 Å². The molecule has 0 radical (unpaired) electrons. The molecule has 1 amide bonds. The van der Waals surface area contributed by atoms with Crippen molar-refractivity contribution < 1.29 is 18.0 Å². The van der Waals surface area contributed by atoms with Gasteiger partial charge in [-0.1, -0.05) is 0 Å². The number of aromatic nitrogens is 3. The number of nitrogens with zero attached hydrogens (tertiary/aromatic N) is 4. The Balaban J connectivity index is 2.06. The molecule has 1 unspecified atom stereocenters. The molecule has 1 aliphatic carbocycles. The summed E-state index contributed by atoms with van der Waals surface area (Å²) in [6, 6.07) is -0.426. The minimum absolute atomic E-state index is 0.0181. The first-order valence-corrected chi connectivity index (χ1v) is 6.27. The molecular formula is C11H16F3N5O. The normalized spacial score (nSPS) is 17.0. The van der Waals surface area contributed by atoms with E-state index in [2.05, 4.69) is 10.1 Å². The molecule has 0 saturated heterocycles. The molecule has 0 spiro atoms. The summed E-state index contributed by atoms with van der Waals surface area (Å²) in [6.07, 6.45) is -1.47. The Kier molecular flexibility index (Phi) is 3.87. The van der Waals surface area contributed by atoms with E-state index in [0.717, 1.165) is 22.4 Å². The van der Waals surface area contributed by atoms with Crippen molar-refractivity contribution in [3.63, 3.8) is 0 Å². The first-order chi connectivity index (χ1) is 9.26. The number of hydrogen-bond donors (Lipinski definition) is 1. The van der Waals surface area contributed by atoms with Crippen LogP contribution in [0.4, 0.5) is 19.1 Å². The van der Waals surface area contributed by atoms with Gasteiger partial charge in [0.2, 0.25) is 11.9 Å². The lowest BCUT2D eigenvalue weighted by atomic mass is 10.1. The molecule has 1 fully saturated rings. The Morgan fingerprint density at radius 1 is 1.60 bits per heavy atom. The number of carbonyl (C=O) groups is 1. The number of nitrogen functional groups attached to an aromatic ring is 1. The molecule has 1 heterocycles. The van der Waals surface area contributed by atoms with Gasteiger partial charge in [-0.25, -0.2) is 9.67 Å². The summed E-state index contributed by atoms with van der Waals surface area (Å²) in [6.45, 7) is 0.113. The van der Waals surface area contributed by atoms with Gasteiger partial charge in [-0.3, -0.25) is 4.79 Å². The van der Waals surface area contributed by atoms with Gasteiger partial charge >= 0.3 is 6.18 Å². The highest BCUT2D eigenvalue weighted by atomic mass is 19.4. The van der Waals surface area contributed by atoms with Crippen LogP contribution in [-0.4, -0.2) is 44.3 Å². The van der Waals surface area contributed by atoms with Crippen LogP contribution < -0.4 is 5.73 Å². The molecule has 1 aromatic heterocycles.